The number of benzene rings is 2. The molecular weight excluding hydrogens is 368 g/mol. The number of amides is 4. The molecule has 2 aromatic carbocycles. The van der Waals surface area contributed by atoms with Crippen LogP contribution in [0.25, 0.3) is 10.8 Å². The monoisotopic (exact) mass is 382 g/mol. The number of carboxylic acid groups (broad SMARTS) is 1. The Labute approximate surface area is 157 Å². The molecule has 9 nitrogen and oxygen atoms in total. The smallest absolute Gasteiger partial charge is 0.341 e. The fourth-order valence-electron chi connectivity index (χ4n) is 3.57. The summed E-state index contributed by atoms with van der Waals surface area (Å²) in [5.74, 6) is -3.34. The molecule has 9 heteroatoms. The Kier molecular flexibility index (Phi) is 4.07. The molecular formula is C19H14N2O7. The number of carboxylic acids is 1. The van der Waals surface area contributed by atoms with Gasteiger partial charge in [-0.2, -0.15) is 0 Å². The quantitative estimate of drug-likeness (QED) is 0.745. The van der Waals surface area contributed by atoms with Crippen molar-refractivity contribution < 1.29 is 33.8 Å². The molecule has 0 radical (unpaired) electrons. The Balaban J connectivity index is 1.80. The van der Waals surface area contributed by atoms with E-state index in [1.165, 1.54) is 18.2 Å². The predicted octanol–water partition coefficient (Wildman–Crippen LogP) is 0.704. The van der Waals surface area contributed by atoms with Crippen LogP contribution in [-0.2, 0) is 14.4 Å². The van der Waals surface area contributed by atoms with Crippen molar-refractivity contribution in [2.24, 2.45) is 0 Å². The zero-order chi connectivity index (χ0) is 20.0. The largest absolute Gasteiger partial charge is 0.481 e. The number of aliphatic carboxylic acids is 1. The van der Waals surface area contributed by atoms with Gasteiger partial charge in [0.1, 0.15) is 11.8 Å². The van der Waals surface area contributed by atoms with E-state index in [-0.39, 0.29) is 29.7 Å². The number of piperidine rings is 1. The molecule has 4 amide bonds. The number of imide groups is 2. The molecule has 28 heavy (non-hydrogen) atoms. The lowest BCUT2D eigenvalue weighted by Gasteiger charge is -2.34. The standard InChI is InChI=1S/C19H14N2O7/c22-14-7-5-12(17(25)20-14)21-18(26)10-3-1-2-9-13(28-8-15(23)24)6-4-11(16(9)10)19(21)27/h1-4,6,12H,5,7-8H2,(H,23,24)(H,20,22,25). The van der Waals surface area contributed by atoms with Crippen LogP contribution in [0.2, 0.25) is 0 Å². The van der Waals surface area contributed by atoms with Gasteiger partial charge < -0.3 is 9.84 Å². The van der Waals surface area contributed by atoms with Crippen LogP contribution in [0, 0.1) is 0 Å². The van der Waals surface area contributed by atoms with E-state index in [1.54, 1.807) is 12.1 Å². The van der Waals surface area contributed by atoms with Gasteiger partial charge in [0.05, 0.1) is 0 Å². The third-order valence-corrected chi connectivity index (χ3v) is 4.77. The van der Waals surface area contributed by atoms with Gasteiger partial charge in [-0.25, -0.2) is 4.79 Å². The van der Waals surface area contributed by atoms with Crippen molar-refractivity contribution in [2.45, 2.75) is 18.9 Å². The minimum Gasteiger partial charge on any atom is -0.481 e. The van der Waals surface area contributed by atoms with Crippen molar-refractivity contribution in [3.8, 4) is 5.75 Å². The summed E-state index contributed by atoms with van der Waals surface area (Å²) >= 11 is 0. The predicted molar refractivity (Wildman–Crippen MR) is 93.8 cm³/mol. The number of carbonyl (C=O) groups excluding carboxylic acids is 4. The third-order valence-electron chi connectivity index (χ3n) is 4.77. The summed E-state index contributed by atoms with van der Waals surface area (Å²) in [6.07, 6.45) is 0.0970. The number of rotatable bonds is 4. The van der Waals surface area contributed by atoms with Crippen LogP contribution < -0.4 is 10.1 Å². The second kappa shape index (κ2) is 6.45. The molecule has 1 saturated heterocycles. The minimum atomic E-state index is -1.16. The van der Waals surface area contributed by atoms with Crippen molar-refractivity contribution in [3.05, 3.63) is 41.5 Å². The van der Waals surface area contributed by atoms with Crippen molar-refractivity contribution in [1.82, 2.24) is 10.2 Å². The number of hydrogen-bond acceptors (Lipinski definition) is 6. The van der Waals surface area contributed by atoms with E-state index in [4.69, 9.17) is 9.84 Å². The molecule has 1 fully saturated rings. The van der Waals surface area contributed by atoms with Crippen LogP contribution >= 0.6 is 0 Å². The minimum absolute atomic E-state index is 0.0342. The Bertz CT molecular complexity index is 1050. The van der Waals surface area contributed by atoms with E-state index in [1.807, 2.05) is 0 Å². The van der Waals surface area contributed by atoms with Crippen LogP contribution in [0.4, 0.5) is 0 Å². The number of nitrogens with zero attached hydrogens (tertiary/aromatic N) is 1. The number of carbonyl (C=O) groups is 5. The van der Waals surface area contributed by atoms with Crippen LogP contribution in [-0.4, -0.2) is 52.3 Å². The zero-order valence-electron chi connectivity index (χ0n) is 14.4. The van der Waals surface area contributed by atoms with Gasteiger partial charge in [0.15, 0.2) is 6.61 Å². The second-order valence-corrected chi connectivity index (χ2v) is 6.47. The van der Waals surface area contributed by atoms with E-state index in [2.05, 4.69) is 5.32 Å². The number of nitrogens with one attached hydrogen (secondary N) is 1. The molecule has 0 spiro atoms. The maximum Gasteiger partial charge on any atom is 0.341 e. The Morgan fingerprint density at radius 3 is 2.50 bits per heavy atom. The van der Waals surface area contributed by atoms with Gasteiger partial charge in [-0.3, -0.25) is 29.4 Å². The molecule has 1 atom stereocenters. The average Bonchev–Trinajstić information content (AvgIpc) is 2.66. The Hall–Kier alpha value is -3.75. The molecule has 2 aromatic rings. The molecule has 2 aliphatic heterocycles. The van der Waals surface area contributed by atoms with Gasteiger partial charge in [-0.05, 0) is 24.6 Å². The summed E-state index contributed by atoms with van der Waals surface area (Å²) < 4.78 is 5.26. The lowest BCUT2D eigenvalue weighted by atomic mass is 9.91. The van der Waals surface area contributed by atoms with Crippen LogP contribution in [0.15, 0.2) is 30.3 Å². The van der Waals surface area contributed by atoms with Gasteiger partial charge in [0, 0.05) is 28.3 Å². The highest BCUT2D eigenvalue weighted by Gasteiger charge is 2.42. The first kappa shape index (κ1) is 17.7. The summed E-state index contributed by atoms with van der Waals surface area (Å²) in [5, 5.41) is 11.8. The molecule has 2 heterocycles. The first-order chi connectivity index (χ1) is 13.4. The van der Waals surface area contributed by atoms with Gasteiger partial charge >= 0.3 is 5.97 Å². The SMILES string of the molecule is O=C(O)COc1ccc2c3c(cccc13)C(=O)N(C1CCC(=O)NC1=O)C2=O. The molecule has 142 valence electrons. The topological polar surface area (TPSA) is 130 Å². The summed E-state index contributed by atoms with van der Waals surface area (Å²) in [7, 11) is 0. The van der Waals surface area contributed by atoms with Crippen molar-refractivity contribution in [1.29, 1.82) is 0 Å². The highest BCUT2D eigenvalue weighted by Crippen LogP contribution is 2.36. The fraction of sp³-hybridized carbons (Fsp3) is 0.211. The zero-order valence-corrected chi connectivity index (χ0v) is 14.4. The Morgan fingerprint density at radius 1 is 1.11 bits per heavy atom. The normalized spacial score (nSPS) is 19.0. The molecule has 0 aliphatic carbocycles. The van der Waals surface area contributed by atoms with Crippen LogP contribution in [0.3, 0.4) is 0 Å². The number of hydrogen-bond donors (Lipinski definition) is 2. The summed E-state index contributed by atoms with van der Waals surface area (Å²) in [4.78, 5) is 61.3. The average molecular weight is 382 g/mol. The van der Waals surface area contributed by atoms with Crippen molar-refractivity contribution >= 4 is 40.4 Å². The summed E-state index contributed by atoms with van der Waals surface area (Å²) in [5.41, 5.74) is 0.412. The fourth-order valence-corrected chi connectivity index (χ4v) is 3.57. The highest BCUT2D eigenvalue weighted by molar-refractivity contribution is 6.27. The van der Waals surface area contributed by atoms with Gasteiger partial charge in [0.2, 0.25) is 11.8 Å². The molecule has 2 N–H and O–H groups in total. The molecule has 0 aromatic heterocycles. The van der Waals surface area contributed by atoms with Gasteiger partial charge in [-0.15, -0.1) is 0 Å². The van der Waals surface area contributed by atoms with Crippen LogP contribution in [0.5, 0.6) is 5.75 Å². The molecule has 1 unspecified atom stereocenters. The first-order valence-electron chi connectivity index (χ1n) is 8.50. The first-order valence-corrected chi connectivity index (χ1v) is 8.50. The lowest BCUT2D eigenvalue weighted by molar-refractivity contribution is -0.139. The highest BCUT2D eigenvalue weighted by atomic mass is 16.5. The van der Waals surface area contributed by atoms with E-state index in [0.29, 0.717) is 10.8 Å². The van der Waals surface area contributed by atoms with E-state index in [0.717, 1.165) is 4.90 Å². The van der Waals surface area contributed by atoms with Crippen molar-refractivity contribution in [3.63, 3.8) is 0 Å². The second-order valence-electron chi connectivity index (χ2n) is 6.47. The molecule has 0 bridgehead atoms. The molecule has 4 rings (SSSR count). The molecule has 0 saturated carbocycles. The van der Waals surface area contributed by atoms with E-state index < -0.39 is 42.2 Å². The van der Waals surface area contributed by atoms with Crippen LogP contribution in [0.1, 0.15) is 33.6 Å². The van der Waals surface area contributed by atoms with E-state index >= 15 is 0 Å². The van der Waals surface area contributed by atoms with Gasteiger partial charge in [-0.1, -0.05) is 12.1 Å². The maximum atomic E-state index is 13.0. The third kappa shape index (κ3) is 2.68. The Morgan fingerprint density at radius 2 is 1.82 bits per heavy atom. The maximum absolute atomic E-state index is 13.0. The van der Waals surface area contributed by atoms with Gasteiger partial charge in [0.25, 0.3) is 11.8 Å². The molecule has 2 aliphatic rings. The van der Waals surface area contributed by atoms with Crippen molar-refractivity contribution in [2.75, 3.05) is 6.61 Å². The number of ether oxygens (including phenoxy) is 1. The summed E-state index contributed by atoms with van der Waals surface area (Å²) in [6, 6.07) is 6.58. The van der Waals surface area contributed by atoms with E-state index in [9.17, 15) is 24.0 Å². The lowest BCUT2D eigenvalue weighted by Crippen LogP contribution is -2.57. The summed E-state index contributed by atoms with van der Waals surface area (Å²) in [6.45, 7) is -0.567.